The molecule has 0 aliphatic rings. The molecule has 2 nitrogen and oxygen atoms in total. The summed E-state index contributed by atoms with van der Waals surface area (Å²) in [6, 6.07) is 5.67. The van der Waals surface area contributed by atoms with Crippen LogP contribution in [0.25, 0.3) is 10.2 Å². The zero-order valence-electron chi connectivity index (χ0n) is 7.23. The summed E-state index contributed by atoms with van der Waals surface area (Å²) in [5.74, 6) is 3.19. The summed E-state index contributed by atoms with van der Waals surface area (Å²) in [6.07, 6.45) is 5.10. The van der Waals surface area contributed by atoms with Crippen molar-refractivity contribution in [1.29, 1.82) is 0 Å². The maximum atomic E-state index is 5.29. The van der Waals surface area contributed by atoms with Crippen LogP contribution in [0.1, 0.15) is 0 Å². The Morgan fingerprint density at radius 2 is 2.43 bits per heavy atom. The molecule has 2 aromatic rings. The van der Waals surface area contributed by atoms with Crippen molar-refractivity contribution in [3.8, 4) is 18.1 Å². The Bertz CT molecular complexity index is 498. The summed E-state index contributed by atoms with van der Waals surface area (Å²) < 4.78 is 7.11. The van der Waals surface area contributed by atoms with Gasteiger partial charge in [-0.15, -0.1) is 30.4 Å². The van der Waals surface area contributed by atoms with Crippen molar-refractivity contribution in [1.82, 2.24) is 4.98 Å². The van der Waals surface area contributed by atoms with Crippen LogP contribution in [0.2, 0.25) is 0 Å². The standard InChI is InChI=1S/C10H7NOS2/c1-2-5-12-7-3-4-8-9(6-7)14-10(13)11-8/h1,3-4,6H,5H2,(H,11,13). The lowest BCUT2D eigenvalue weighted by atomic mass is 10.3. The normalized spacial score (nSPS) is 10.0. The molecule has 0 saturated carbocycles. The van der Waals surface area contributed by atoms with E-state index in [9.17, 15) is 0 Å². The molecule has 0 unspecified atom stereocenters. The van der Waals surface area contributed by atoms with Gasteiger partial charge in [0.25, 0.3) is 0 Å². The highest BCUT2D eigenvalue weighted by Crippen LogP contribution is 2.27. The number of aromatic nitrogens is 1. The molecule has 0 fully saturated rings. The zero-order valence-corrected chi connectivity index (χ0v) is 8.94. The molecule has 0 atom stereocenters. The highest BCUT2D eigenvalue weighted by atomic mass is 32.2. The minimum Gasteiger partial charge on any atom is -0.481 e. The zero-order chi connectivity index (χ0) is 9.97. The lowest BCUT2D eigenvalue weighted by Crippen LogP contribution is -1.92. The number of thiazole rings is 1. The van der Waals surface area contributed by atoms with Gasteiger partial charge in [-0.2, -0.15) is 0 Å². The Balaban J connectivity index is 2.36. The third-order valence-corrected chi connectivity index (χ3v) is 2.87. The van der Waals surface area contributed by atoms with Crippen LogP contribution in [-0.2, 0) is 0 Å². The first kappa shape index (κ1) is 9.38. The smallest absolute Gasteiger partial charge is 0.148 e. The molecular formula is C10H7NOS2. The second-order valence-electron chi connectivity index (χ2n) is 2.62. The molecule has 0 radical (unpaired) electrons. The molecule has 1 heterocycles. The van der Waals surface area contributed by atoms with Gasteiger partial charge in [0, 0.05) is 0 Å². The third-order valence-electron chi connectivity index (χ3n) is 1.67. The molecule has 0 spiro atoms. The van der Waals surface area contributed by atoms with Gasteiger partial charge < -0.3 is 4.74 Å². The van der Waals surface area contributed by atoms with Crippen molar-refractivity contribution < 1.29 is 4.74 Å². The highest BCUT2D eigenvalue weighted by Gasteiger charge is 2.01. The molecule has 0 N–H and O–H groups in total. The summed E-state index contributed by atoms with van der Waals surface area (Å²) in [5.41, 5.74) is 0.938. The van der Waals surface area contributed by atoms with E-state index in [0.29, 0.717) is 0 Å². The van der Waals surface area contributed by atoms with Gasteiger partial charge in [-0.3, -0.25) is 0 Å². The molecule has 0 bridgehead atoms. The van der Waals surface area contributed by atoms with Crippen LogP contribution in [0.5, 0.6) is 5.75 Å². The number of rotatable bonds is 2. The predicted octanol–water partition coefficient (Wildman–Crippen LogP) is 2.60. The lowest BCUT2D eigenvalue weighted by Gasteiger charge is -2.00. The number of benzene rings is 1. The first-order chi connectivity index (χ1) is 6.79. The molecule has 1 aromatic carbocycles. The third kappa shape index (κ3) is 1.84. The topological polar surface area (TPSA) is 22.1 Å². The number of hydrogen-bond acceptors (Lipinski definition) is 4. The van der Waals surface area contributed by atoms with E-state index in [-0.39, 0.29) is 6.61 Å². The van der Waals surface area contributed by atoms with Gasteiger partial charge >= 0.3 is 0 Å². The van der Waals surface area contributed by atoms with Gasteiger partial charge in [0.15, 0.2) is 0 Å². The van der Waals surface area contributed by atoms with E-state index in [4.69, 9.17) is 11.2 Å². The fourth-order valence-electron chi connectivity index (χ4n) is 1.11. The van der Waals surface area contributed by atoms with E-state index in [1.54, 1.807) is 0 Å². The quantitative estimate of drug-likeness (QED) is 0.622. The van der Waals surface area contributed by atoms with Crippen molar-refractivity contribution in [2.75, 3.05) is 6.61 Å². The molecule has 4 heteroatoms. The highest BCUT2D eigenvalue weighted by molar-refractivity contribution is 7.82. The molecule has 14 heavy (non-hydrogen) atoms. The molecular weight excluding hydrogens is 214 g/mol. The van der Waals surface area contributed by atoms with Gasteiger partial charge in [-0.05, 0) is 18.2 Å². The minimum atomic E-state index is 0.290. The Morgan fingerprint density at radius 3 is 3.21 bits per heavy atom. The molecule has 2 rings (SSSR count). The Morgan fingerprint density at radius 1 is 1.57 bits per heavy atom. The largest absolute Gasteiger partial charge is 0.481 e. The number of hydrogen-bond donors (Lipinski definition) is 1. The second-order valence-corrected chi connectivity index (χ2v) is 4.38. The molecule has 0 aliphatic carbocycles. The lowest BCUT2D eigenvalue weighted by molar-refractivity contribution is 0.371. The first-order valence-corrected chi connectivity index (χ1v) is 5.22. The summed E-state index contributed by atoms with van der Waals surface area (Å²) >= 11 is 5.70. The molecule has 0 saturated heterocycles. The molecule has 0 amide bonds. The van der Waals surface area contributed by atoms with E-state index >= 15 is 0 Å². The average molecular weight is 221 g/mol. The van der Waals surface area contributed by atoms with Crippen LogP contribution in [-0.4, -0.2) is 11.6 Å². The average Bonchev–Trinajstić information content (AvgIpc) is 2.54. The minimum absolute atomic E-state index is 0.290. The summed E-state index contributed by atoms with van der Waals surface area (Å²) in [7, 11) is 0. The fraction of sp³-hybridized carbons (Fsp3) is 0.100. The van der Waals surface area contributed by atoms with Crippen molar-refractivity contribution >= 4 is 34.2 Å². The Labute approximate surface area is 91.3 Å². The maximum Gasteiger partial charge on any atom is 0.148 e. The van der Waals surface area contributed by atoms with Gasteiger partial charge in [0.1, 0.15) is 16.7 Å². The van der Waals surface area contributed by atoms with Crippen LogP contribution >= 0.6 is 24.0 Å². The van der Waals surface area contributed by atoms with Gasteiger partial charge in [-0.25, -0.2) is 4.98 Å². The molecule has 0 aliphatic heterocycles. The van der Waals surface area contributed by atoms with E-state index in [1.807, 2.05) is 18.2 Å². The second kappa shape index (κ2) is 3.91. The van der Waals surface area contributed by atoms with E-state index in [2.05, 4.69) is 23.5 Å². The summed E-state index contributed by atoms with van der Waals surface area (Å²) in [4.78, 5) is 4.22. The summed E-state index contributed by atoms with van der Waals surface area (Å²) in [6.45, 7) is 0.290. The van der Waals surface area contributed by atoms with E-state index in [1.165, 1.54) is 11.3 Å². The van der Waals surface area contributed by atoms with Crippen molar-refractivity contribution in [2.24, 2.45) is 0 Å². The Kier molecular flexibility index (Phi) is 2.62. The van der Waals surface area contributed by atoms with Gasteiger partial charge in [0.05, 0.1) is 10.2 Å². The number of nitrogens with zero attached hydrogens (tertiary/aromatic N) is 1. The molecule has 70 valence electrons. The SMILES string of the molecule is C#CCOc1ccc2nc(S)sc2c1. The number of thiol groups is 1. The van der Waals surface area contributed by atoms with Crippen LogP contribution in [0.4, 0.5) is 0 Å². The van der Waals surface area contributed by atoms with Crippen LogP contribution in [0.3, 0.4) is 0 Å². The molecule has 1 aromatic heterocycles. The predicted molar refractivity (Wildman–Crippen MR) is 61.2 cm³/mol. The number of terminal acetylenes is 1. The monoisotopic (exact) mass is 221 g/mol. The van der Waals surface area contributed by atoms with Gasteiger partial charge in [-0.1, -0.05) is 5.92 Å². The van der Waals surface area contributed by atoms with Crippen LogP contribution in [0.15, 0.2) is 22.5 Å². The van der Waals surface area contributed by atoms with Crippen molar-refractivity contribution in [2.45, 2.75) is 4.34 Å². The maximum absolute atomic E-state index is 5.29. The number of ether oxygens (including phenoxy) is 1. The fourth-order valence-corrected chi connectivity index (χ4v) is 2.24. The van der Waals surface area contributed by atoms with E-state index < -0.39 is 0 Å². The Hall–Kier alpha value is -1.18. The van der Waals surface area contributed by atoms with Gasteiger partial charge in [0.2, 0.25) is 0 Å². The summed E-state index contributed by atoms with van der Waals surface area (Å²) in [5, 5.41) is 0. The van der Waals surface area contributed by atoms with Crippen LogP contribution < -0.4 is 4.74 Å². The first-order valence-electron chi connectivity index (χ1n) is 3.95. The van der Waals surface area contributed by atoms with E-state index in [0.717, 1.165) is 20.3 Å². The van der Waals surface area contributed by atoms with Crippen molar-refractivity contribution in [3.05, 3.63) is 18.2 Å². The van der Waals surface area contributed by atoms with Crippen molar-refractivity contribution in [3.63, 3.8) is 0 Å². The number of fused-ring (bicyclic) bond motifs is 1. The van der Waals surface area contributed by atoms with Crippen LogP contribution in [0, 0.1) is 12.3 Å².